The minimum atomic E-state index is -0.398. The van der Waals surface area contributed by atoms with Gasteiger partial charge in [0.05, 0.1) is 12.1 Å². The first-order chi connectivity index (χ1) is 30.2. The zero-order chi connectivity index (χ0) is 46.3. The minimum Gasteiger partial charge on any atom is -0.872 e. The Labute approximate surface area is 399 Å². The van der Waals surface area contributed by atoms with Gasteiger partial charge in [-0.1, -0.05) is 185 Å². The number of phenols is 2. The number of nitrogens with zero attached hydrogens (tertiary/aromatic N) is 2. The van der Waals surface area contributed by atoms with E-state index in [-0.39, 0.29) is 57.2 Å². The van der Waals surface area contributed by atoms with Crippen LogP contribution in [0, 0.1) is 0 Å². The van der Waals surface area contributed by atoms with Crippen molar-refractivity contribution in [1.82, 2.24) is 0 Å². The molecule has 1 saturated carbocycles. The second kappa shape index (κ2) is 21.1. The van der Waals surface area contributed by atoms with Crippen LogP contribution in [0.5, 0.6) is 28.7 Å². The van der Waals surface area contributed by atoms with Gasteiger partial charge in [-0.2, -0.15) is 0 Å². The van der Waals surface area contributed by atoms with Crippen LogP contribution in [0.3, 0.4) is 0 Å². The molecule has 2 atom stereocenters. The second-order valence-electron chi connectivity index (χ2n) is 20.3. The van der Waals surface area contributed by atoms with E-state index in [1.807, 2.05) is 54.9 Å². The Kier molecular flexibility index (Phi) is 16.4. The minimum absolute atomic E-state index is 0. The molecule has 0 aliphatic heterocycles. The van der Waals surface area contributed by atoms with Crippen molar-refractivity contribution in [3.05, 3.63) is 184 Å². The molecule has 0 spiro atoms. The van der Waals surface area contributed by atoms with E-state index >= 15 is 0 Å². The van der Waals surface area contributed by atoms with Crippen LogP contribution in [0.1, 0.15) is 139 Å². The predicted molar refractivity (Wildman–Crippen MR) is 264 cm³/mol. The normalized spacial score (nSPS) is 15.8. The average Bonchev–Trinajstić information content (AvgIpc) is 3.27. The van der Waals surface area contributed by atoms with Crippen LogP contribution in [0.25, 0.3) is 0 Å². The SMILES string of the molecule is CC(C)(C)c1cc(C=NC2CCCCC2N=Cc2cc(C(C)(C)C)cc(C(C)(C)c3ccccc3)c2O)c(O)c(C(C)(C)c2ccccc2)c1.[Mn].[O-]c1ccc(Oc2ccccc2)cc1. The first-order valence-electron chi connectivity index (χ1n) is 22.7. The summed E-state index contributed by atoms with van der Waals surface area (Å²) in [5.41, 5.74) is 6.92. The van der Waals surface area contributed by atoms with Crippen LogP contribution < -0.4 is 9.84 Å². The van der Waals surface area contributed by atoms with Crippen molar-refractivity contribution in [2.24, 2.45) is 9.98 Å². The monoisotopic (exact) mass is 910 g/mol. The number of phenolic OH excluding ortho intramolecular Hbond substituents is 2. The molecule has 65 heavy (non-hydrogen) atoms. The Morgan fingerprint density at radius 1 is 0.492 bits per heavy atom. The van der Waals surface area contributed by atoms with Gasteiger partial charge in [-0.3, -0.25) is 9.98 Å². The van der Waals surface area contributed by atoms with Crippen LogP contribution in [-0.4, -0.2) is 34.7 Å². The van der Waals surface area contributed by atoms with E-state index in [2.05, 4.69) is 142 Å². The van der Waals surface area contributed by atoms with Gasteiger partial charge in [-0.05, 0) is 82.3 Å². The molecule has 1 radical (unpaired) electrons. The molecule has 6 nitrogen and oxygen atoms in total. The molecule has 0 bridgehead atoms. The molecular weight excluding hydrogens is 844 g/mol. The molecule has 1 fully saturated rings. The summed E-state index contributed by atoms with van der Waals surface area (Å²) in [7, 11) is 0. The molecule has 0 aromatic heterocycles. The van der Waals surface area contributed by atoms with E-state index in [9.17, 15) is 15.3 Å². The van der Waals surface area contributed by atoms with Crippen molar-refractivity contribution in [3.63, 3.8) is 0 Å². The summed E-state index contributed by atoms with van der Waals surface area (Å²) in [6.45, 7) is 22.0. The molecule has 0 heterocycles. The maximum absolute atomic E-state index is 11.8. The number of hydrogen-bond acceptors (Lipinski definition) is 6. The number of rotatable bonds is 10. The Bertz CT molecular complexity index is 2380. The fraction of sp³-hybridized carbons (Fsp3) is 0.345. The van der Waals surface area contributed by atoms with Gasteiger partial charge < -0.3 is 20.1 Å². The summed E-state index contributed by atoms with van der Waals surface area (Å²) in [4.78, 5) is 10.3. The standard InChI is InChI=1S/C46H58N2O2.C12H10O2.Mn/c1-43(2,3)35-25-31(41(49)37(27-35)45(7,8)33-19-13-11-14-20-33)29-47-39-23-17-18-24-40(39)48-30-32-26-36(44(4,5)6)28-38(42(32)50)46(9,10)34-21-15-12-16-22-34;13-10-6-8-12(9-7-10)14-11-4-2-1-3-5-11;/h11-16,19-22,25-30,39-40,49-50H,17-18,23-24H2,1-10H3;1-9,13H;/p-1. The smallest absolute Gasteiger partial charge is 0.128 e. The summed E-state index contributed by atoms with van der Waals surface area (Å²) >= 11 is 0. The van der Waals surface area contributed by atoms with Gasteiger partial charge in [0.1, 0.15) is 23.0 Å². The fourth-order valence-electron chi connectivity index (χ4n) is 8.27. The molecule has 2 N–H and O–H groups in total. The summed E-state index contributed by atoms with van der Waals surface area (Å²) in [5, 5.41) is 34.4. The van der Waals surface area contributed by atoms with Crippen molar-refractivity contribution in [2.45, 2.75) is 129 Å². The van der Waals surface area contributed by atoms with Gasteiger partial charge in [0.25, 0.3) is 0 Å². The molecule has 2 unspecified atom stereocenters. The van der Waals surface area contributed by atoms with Crippen LogP contribution in [-0.2, 0) is 38.7 Å². The predicted octanol–water partition coefficient (Wildman–Crippen LogP) is 13.7. The molecular formula is C58H67MnN2O4-. The van der Waals surface area contributed by atoms with Crippen molar-refractivity contribution < 1.29 is 37.1 Å². The third-order valence-corrected chi connectivity index (χ3v) is 12.7. The number of ether oxygens (including phenoxy) is 1. The number of aromatic hydroxyl groups is 2. The average molecular weight is 911 g/mol. The van der Waals surface area contributed by atoms with E-state index in [4.69, 9.17) is 14.7 Å². The van der Waals surface area contributed by atoms with Gasteiger partial charge in [-0.25, -0.2) is 0 Å². The van der Waals surface area contributed by atoms with Crippen molar-refractivity contribution >= 4 is 12.4 Å². The van der Waals surface area contributed by atoms with Crippen molar-refractivity contribution in [1.29, 1.82) is 0 Å². The van der Waals surface area contributed by atoms with Gasteiger partial charge in [0.15, 0.2) is 0 Å². The van der Waals surface area contributed by atoms with E-state index in [1.165, 1.54) is 12.1 Å². The van der Waals surface area contributed by atoms with Crippen LogP contribution in [0.15, 0.2) is 150 Å². The Hall–Kier alpha value is -5.62. The zero-order valence-corrected chi connectivity index (χ0v) is 41.1. The molecule has 1 aliphatic carbocycles. The summed E-state index contributed by atoms with van der Waals surface area (Å²) in [6, 6.07) is 45.0. The van der Waals surface area contributed by atoms with Crippen LogP contribution >= 0.6 is 0 Å². The number of aliphatic imine (C=N–C) groups is 2. The number of benzene rings is 6. The summed E-state index contributed by atoms with van der Waals surface area (Å²) in [6.07, 6.45) is 7.81. The summed E-state index contributed by atoms with van der Waals surface area (Å²) in [5.74, 6) is 2.00. The Balaban J connectivity index is 0.000000448. The van der Waals surface area contributed by atoms with Gasteiger partial charge in [0.2, 0.25) is 0 Å². The molecule has 0 amide bonds. The molecule has 7 rings (SSSR count). The molecule has 7 heteroatoms. The second-order valence-corrected chi connectivity index (χ2v) is 20.3. The van der Waals surface area contributed by atoms with Gasteiger partial charge >= 0.3 is 0 Å². The van der Waals surface area contributed by atoms with E-state index in [0.29, 0.717) is 5.75 Å². The fourth-order valence-corrected chi connectivity index (χ4v) is 8.27. The third-order valence-electron chi connectivity index (χ3n) is 12.7. The quantitative estimate of drug-likeness (QED) is 0.106. The topological polar surface area (TPSA) is 97.5 Å². The Morgan fingerprint density at radius 3 is 1.22 bits per heavy atom. The maximum atomic E-state index is 11.8. The maximum Gasteiger partial charge on any atom is 0.128 e. The molecule has 341 valence electrons. The molecule has 6 aromatic rings. The third kappa shape index (κ3) is 12.6. The molecule has 1 aliphatic rings. The summed E-state index contributed by atoms with van der Waals surface area (Å²) < 4.78 is 5.49. The van der Waals surface area contributed by atoms with Gasteiger partial charge in [-0.15, -0.1) is 5.75 Å². The molecule has 0 saturated heterocycles. The van der Waals surface area contributed by atoms with E-state index in [1.54, 1.807) is 12.1 Å². The molecule has 6 aromatic carbocycles. The number of para-hydroxylation sites is 1. The Morgan fingerprint density at radius 2 is 0.846 bits per heavy atom. The zero-order valence-electron chi connectivity index (χ0n) is 39.9. The largest absolute Gasteiger partial charge is 0.872 e. The van der Waals surface area contributed by atoms with Crippen molar-refractivity contribution in [3.8, 4) is 28.7 Å². The van der Waals surface area contributed by atoms with Crippen molar-refractivity contribution in [2.75, 3.05) is 0 Å². The number of hydrogen-bond donors (Lipinski definition) is 2. The first kappa shape index (κ1) is 50.4. The van der Waals surface area contributed by atoms with Crippen LogP contribution in [0.2, 0.25) is 0 Å². The van der Waals surface area contributed by atoms with E-state index < -0.39 is 10.8 Å². The van der Waals surface area contributed by atoms with Gasteiger partial charge in [0, 0.05) is 62.6 Å². The van der Waals surface area contributed by atoms with Crippen LogP contribution in [0.4, 0.5) is 0 Å². The van der Waals surface area contributed by atoms with E-state index in [0.717, 1.165) is 75.9 Å². The first-order valence-corrected chi connectivity index (χ1v) is 22.7.